The van der Waals surface area contributed by atoms with Crippen LogP contribution in [0.3, 0.4) is 0 Å². The molecule has 2 fully saturated rings. The Bertz CT molecular complexity index is 606. The van der Waals surface area contributed by atoms with Crippen molar-refractivity contribution < 1.29 is 9.53 Å². The van der Waals surface area contributed by atoms with Gasteiger partial charge in [-0.2, -0.15) is 0 Å². The van der Waals surface area contributed by atoms with Gasteiger partial charge >= 0.3 is 5.97 Å². The summed E-state index contributed by atoms with van der Waals surface area (Å²) in [6.07, 6.45) is 0. The van der Waals surface area contributed by atoms with Gasteiger partial charge in [0.05, 0.1) is 12.7 Å². The van der Waals surface area contributed by atoms with Gasteiger partial charge < -0.3 is 15.0 Å². The van der Waals surface area contributed by atoms with Crippen LogP contribution in [0, 0.1) is 24.2 Å². The Labute approximate surface area is 139 Å². The van der Waals surface area contributed by atoms with E-state index < -0.39 is 0 Å². The van der Waals surface area contributed by atoms with Gasteiger partial charge in [-0.05, 0) is 41.9 Å². The number of hydrogen-bond acceptors (Lipinski definition) is 4. The maximum absolute atomic E-state index is 11.9. The molecule has 1 N–H and O–H groups in total. The Kier molecular flexibility index (Phi) is 4.13. The normalized spacial score (nSPS) is 27.2. The highest BCUT2D eigenvalue weighted by Gasteiger charge is 2.46. The van der Waals surface area contributed by atoms with Crippen molar-refractivity contribution in [3.63, 3.8) is 0 Å². The number of fused-ring (bicyclic) bond motifs is 1. The zero-order chi connectivity index (χ0) is 16.8. The van der Waals surface area contributed by atoms with Crippen molar-refractivity contribution in [2.75, 3.05) is 31.6 Å². The largest absolute Gasteiger partial charge is 0.465 e. The van der Waals surface area contributed by atoms with Gasteiger partial charge in [-0.15, -0.1) is 0 Å². The van der Waals surface area contributed by atoms with Crippen LogP contribution in [0.15, 0.2) is 18.2 Å². The fraction of sp³-hybridized carbons (Fsp3) is 0.632. The summed E-state index contributed by atoms with van der Waals surface area (Å²) in [6.45, 7) is 12.1. The van der Waals surface area contributed by atoms with Crippen molar-refractivity contribution in [3.05, 3.63) is 29.3 Å². The smallest absolute Gasteiger partial charge is 0.338 e. The molecule has 0 saturated carbocycles. The van der Waals surface area contributed by atoms with E-state index in [1.165, 1.54) is 7.11 Å². The molecule has 23 heavy (non-hydrogen) atoms. The van der Waals surface area contributed by atoms with Gasteiger partial charge in [0, 0.05) is 31.4 Å². The number of carbonyl (C=O) groups excluding carboxylic acids is 1. The topological polar surface area (TPSA) is 41.6 Å². The fourth-order valence-corrected chi connectivity index (χ4v) is 4.22. The van der Waals surface area contributed by atoms with E-state index in [0.29, 0.717) is 23.4 Å². The first-order valence-electron chi connectivity index (χ1n) is 8.48. The fourth-order valence-electron chi connectivity index (χ4n) is 4.22. The van der Waals surface area contributed by atoms with Gasteiger partial charge in [-0.25, -0.2) is 4.79 Å². The van der Waals surface area contributed by atoms with E-state index in [1.54, 1.807) is 0 Å². The molecule has 2 heterocycles. The lowest BCUT2D eigenvalue weighted by Crippen LogP contribution is -2.42. The number of anilines is 1. The summed E-state index contributed by atoms with van der Waals surface area (Å²) in [5.41, 5.74) is 3.06. The van der Waals surface area contributed by atoms with Gasteiger partial charge in [0.1, 0.15) is 0 Å². The Morgan fingerprint density at radius 3 is 2.70 bits per heavy atom. The third-order valence-corrected chi connectivity index (χ3v) is 5.44. The number of nitrogens with zero attached hydrogens (tertiary/aromatic N) is 1. The first-order valence-corrected chi connectivity index (χ1v) is 8.48. The Hall–Kier alpha value is -1.55. The molecule has 0 bridgehead atoms. The lowest BCUT2D eigenvalue weighted by molar-refractivity contribution is 0.0600. The maximum atomic E-state index is 11.9. The number of methoxy groups -OCH3 is 1. The molecule has 3 unspecified atom stereocenters. The molecule has 1 aromatic carbocycles. The molecule has 0 spiro atoms. The molecule has 3 atom stereocenters. The van der Waals surface area contributed by atoms with E-state index in [2.05, 4.69) is 37.1 Å². The third-order valence-electron chi connectivity index (χ3n) is 5.44. The van der Waals surface area contributed by atoms with Crippen molar-refractivity contribution in [2.45, 2.75) is 33.7 Å². The van der Waals surface area contributed by atoms with Crippen LogP contribution in [-0.2, 0) is 4.74 Å². The molecular formula is C19H28N2O2. The molecule has 3 rings (SSSR count). The summed E-state index contributed by atoms with van der Waals surface area (Å²) in [6, 6.07) is 6.70. The zero-order valence-electron chi connectivity index (χ0n) is 14.8. The number of rotatable bonds is 2. The number of aryl methyl sites for hydroxylation is 1. The van der Waals surface area contributed by atoms with Crippen LogP contribution >= 0.6 is 0 Å². The standard InChI is InChI=1S/C19H28N2O2/c1-12-6-7-14(8-15(12)18(22)23-5)21-10-13-9-20-17(16(13)11-21)19(2,3)4/h6-8,13,16-17,20H,9-11H2,1-5H3. The van der Waals surface area contributed by atoms with Crippen molar-refractivity contribution in [2.24, 2.45) is 17.3 Å². The van der Waals surface area contributed by atoms with Crippen molar-refractivity contribution in [3.8, 4) is 0 Å². The van der Waals surface area contributed by atoms with Gasteiger partial charge in [0.2, 0.25) is 0 Å². The summed E-state index contributed by atoms with van der Waals surface area (Å²) in [5, 5.41) is 3.72. The summed E-state index contributed by atoms with van der Waals surface area (Å²) in [5.74, 6) is 1.12. The third kappa shape index (κ3) is 2.97. The molecule has 2 aliphatic rings. The van der Waals surface area contributed by atoms with Crippen LogP contribution in [0.5, 0.6) is 0 Å². The zero-order valence-corrected chi connectivity index (χ0v) is 14.8. The lowest BCUT2D eigenvalue weighted by Gasteiger charge is -2.32. The second-order valence-electron chi connectivity index (χ2n) is 8.07. The number of hydrogen-bond donors (Lipinski definition) is 1. The van der Waals surface area contributed by atoms with Crippen molar-refractivity contribution in [1.82, 2.24) is 5.32 Å². The maximum Gasteiger partial charge on any atom is 0.338 e. The van der Waals surface area contributed by atoms with Crippen molar-refractivity contribution in [1.29, 1.82) is 0 Å². The van der Waals surface area contributed by atoms with Gasteiger partial charge in [0.25, 0.3) is 0 Å². The van der Waals surface area contributed by atoms with E-state index in [1.807, 2.05) is 19.1 Å². The second kappa shape index (κ2) is 5.82. The number of carbonyl (C=O) groups is 1. The Morgan fingerprint density at radius 2 is 2.04 bits per heavy atom. The molecule has 4 heteroatoms. The average molecular weight is 316 g/mol. The van der Waals surface area contributed by atoms with Crippen LogP contribution in [0.25, 0.3) is 0 Å². The Morgan fingerprint density at radius 1 is 1.30 bits per heavy atom. The molecule has 0 aromatic heterocycles. The molecule has 2 aliphatic heterocycles. The number of benzene rings is 1. The summed E-state index contributed by atoms with van der Waals surface area (Å²) >= 11 is 0. The lowest BCUT2D eigenvalue weighted by atomic mass is 9.78. The van der Waals surface area contributed by atoms with Crippen LogP contribution in [0.4, 0.5) is 5.69 Å². The van der Waals surface area contributed by atoms with Crippen molar-refractivity contribution >= 4 is 11.7 Å². The highest BCUT2D eigenvalue weighted by atomic mass is 16.5. The molecule has 0 radical (unpaired) electrons. The van der Waals surface area contributed by atoms with E-state index >= 15 is 0 Å². The van der Waals surface area contributed by atoms with Gasteiger partial charge in [-0.3, -0.25) is 0 Å². The molecule has 126 valence electrons. The minimum atomic E-state index is -0.252. The van der Waals surface area contributed by atoms with Crippen LogP contribution in [0.1, 0.15) is 36.7 Å². The molecule has 4 nitrogen and oxygen atoms in total. The predicted octanol–water partition coefficient (Wildman–Crippen LogP) is 2.85. The first kappa shape index (κ1) is 16.3. The highest BCUT2D eigenvalue weighted by molar-refractivity contribution is 5.92. The molecule has 0 aliphatic carbocycles. The molecule has 0 amide bonds. The number of esters is 1. The van der Waals surface area contributed by atoms with E-state index in [-0.39, 0.29) is 11.4 Å². The predicted molar refractivity (Wildman–Crippen MR) is 93.0 cm³/mol. The van der Waals surface area contributed by atoms with E-state index in [9.17, 15) is 4.79 Å². The molecule has 1 aromatic rings. The Balaban J connectivity index is 1.81. The quantitative estimate of drug-likeness (QED) is 0.852. The molecule has 2 saturated heterocycles. The van der Waals surface area contributed by atoms with E-state index in [4.69, 9.17) is 4.74 Å². The van der Waals surface area contributed by atoms with Crippen LogP contribution in [-0.4, -0.2) is 38.8 Å². The minimum Gasteiger partial charge on any atom is -0.465 e. The van der Waals surface area contributed by atoms with Crippen LogP contribution < -0.4 is 10.2 Å². The van der Waals surface area contributed by atoms with Gasteiger partial charge in [-0.1, -0.05) is 26.8 Å². The average Bonchev–Trinajstić information content (AvgIpc) is 3.05. The number of nitrogens with one attached hydrogen (secondary N) is 1. The van der Waals surface area contributed by atoms with E-state index in [0.717, 1.165) is 30.9 Å². The van der Waals surface area contributed by atoms with Crippen LogP contribution in [0.2, 0.25) is 0 Å². The summed E-state index contributed by atoms with van der Waals surface area (Å²) in [7, 11) is 1.44. The SMILES string of the molecule is COC(=O)c1cc(N2CC3CNC(C(C)(C)C)C3C2)ccc1C. The summed E-state index contributed by atoms with van der Waals surface area (Å²) < 4.78 is 4.90. The number of ether oxygens (including phenoxy) is 1. The summed E-state index contributed by atoms with van der Waals surface area (Å²) in [4.78, 5) is 14.4. The first-order chi connectivity index (χ1) is 10.8. The monoisotopic (exact) mass is 316 g/mol. The molecular weight excluding hydrogens is 288 g/mol. The minimum absolute atomic E-state index is 0.252. The van der Waals surface area contributed by atoms with Gasteiger partial charge in [0.15, 0.2) is 0 Å². The second-order valence-corrected chi connectivity index (χ2v) is 8.07. The highest BCUT2D eigenvalue weighted by Crippen LogP contribution is 2.40.